The number of rotatable bonds is 4. The molecule has 0 atom stereocenters. The predicted molar refractivity (Wildman–Crippen MR) is 109 cm³/mol. The summed E-state index contributed by atoms with van der Waals surface area (Å²) in [6, 6.07) is 12.3. The fraction of sp³-hybridized carbons (Fsp3) is 0.318. The average molecular weight is 394 g/mol. The van der Waals surface area contributed by atoms with Crippen molar-refractivity contribution in [2.24, 2.45) is 0 Å². The first-order chi connectivity index (χ1) is 14.0. The van der Waals surface area contributed by atoms with Crippen LogP contribution in [-0.4, -0.2) is 51.4 Å². The molecule has 1 saturated heterocycles. The molecule has 29 heavy (non-hydrogen) atoms. The van der Waals surface area contributed by atoms with Crippen LogP contribution in [0.3, 0.4) is 0 Å². The quantitative estimate of drug-likeness (QED) is 0.681. The van der Waals surface area contributed by atoms with Crippen LogP contribution in [0.1, 0.15) is 11.1 Å². The maximum atomic E-state index is 13.5. The molecule has 1 amide bonds. The predicted octanol–water partition coefficient (Wildman–Crippen LogP) is 2.19. The number of halogens is 1. The Labute approximate surface area is 168 Å². The van der Waals surface area contributed by atoms with Crippen molar-refractivity contribution in [3.05, 3.63) is 76.1 Å². The Morgan fingerprint density at radius 1 is 1.10 bits per heavy atom. The minimum absolute atomic E-state index is 0.0871. The molecule has 0 bridgehead atoms. The van der Waals surface area contributed by atoms with Gasteiger partial charge in [0.15, 0.2) is 0 Å². The molecule has 0 unspecified atom stereocenters. The number of hydrogen-bond acceptors (Lipinski definition) is 4. The molecule has 2 heterocycles. The summed E-state index contributed by atoms with van der Waals surface area (Å²) in [6.07, 6.45) is 1.36. The lowest BCUT2D eigenvalue weighted by Crippen LogP contribution is -2.49. The van der Waals surface area contributed by atoms with E-state index in [-0.39, 0.29) is 17.8 Å². The fourth-order valence-corrected chi connectivity index (χ4v) is 3.71. The highest BCUT2D eigenvalue weighted by atomic mass is 19.1. The molecular formula is C22H23FN4O2. The van der Waals surface area contributed by atoms with Crippen molar-refractivity contribution in [3.63, 3.8) is 0 Å². The van der Waals surface area contributed by atoms with Crippen LogP contribution in [0.2, 0.25) is 0 Å². The molecule has 0 radical (unpaired) electrons. The summed E-state index contributed by atoms with van der Waals surface area (Å²) in [4.78, 5) is 33.5. The van der Waals surface area contributed by atoms with E-state index >= 15 is 0 Å². The van der Waals surface area contributed by atoms with Crippen LogP contribution >= 0.6 is 0 Å². The summed E-state index contributed by atoms with van der Waals surface area (Å²) in [5, 5.41) is 0.184. The van der Waals surface area contributed by atoms with E-state index in [0.717, 1.165) is 25.7 Å². The van der Waals surface area contributed by atoms with E-state index in [2.05, 4.69) is 41.1 Å². The Bertz CT molecular complexity index is 1100. The number of fused-ring (bicyclic) bond motifs is 1. The van der Waals surface area contributed by atoms with Crippen molar-refractivity contribution in [2.75, 3.05) is 26.2 Å². The second-order valence-electron chi connectivity index (χ2n) is 7.49. The molecular weight excluding hydrogens is 371 g/mol. The van der Waals surface area contributed by atoms with Crippen LogP contribution < -0.4 is 5.56 Å². The lowest BCUT2D eigenvalue weighted by molar-refractivity contribution is -0.133. The van der Waals surface area contributed by atoms with Gasteiger partial charge in [-0.3, -0.25) is 19.1 Å². The Morgan fingerprint density at radius 3 is 2.66 bits per heavy atom. The Morgan fingerprint density at radius 2 is 1.90 bits per heavy atom. The molecule has 1 aromatic heterocycles. The zero-order valence-electron chi connectivity index (χ0n) is 16.3. The molecule has 0 aliphatic carbocycles. The van der Waals surface area contributed by atoms with Gasteiger partial charge in [-0.1, -0.05) is 29.8 Å². The van der Waals surface area contributed by atoms with Crippen LogP contribution in [0.25, 0.3) is 10.9 Å². The minimum atomic E-state index is -0.495. The summed E-state index contributed by atoms with van der Waals surface area (Å²) >= 11 is 0. The van der Waals surface area contributed by atoms with Gasteiger partial charge >= 0.3 is 0 Å². The van der Waals surface area contributed by atoms with Crippen LogP contribution in [-0.2, 0) is 17.9 Å². The first kappa shape index (κ1) is 19.3. The number of nitrogens with zero attached hydrogens (tertiary/aromatic N) is 4. The Hall–Kier alpha value is -3.06. The van der Waals surface area contributed by atoms with Crippen LogP contribution in [0.15, 0.2) is 53.6 Å². The smallest absolute Gasteiger partial charge is 0.261 e. The summed E-state index contributed by atoms with van der Waals surface area (Å²) in [5.74, 6) is -0.620. The van der Waals surface area contributed by atoms with Gasteiger partial charge < -0.3 is 4.90 Å². The second-order valence-corrected chi connectivity index (χ2v) is 7.49. The average Bonchev–Trinajstić information content (AvgIpc) is 2.71. The van der Waals surface area contributed by atoms with E-state index in [1.807, 2.05) is 0 Å². The van der Waals surface area contributed by atoms with Crippen molar-refractivity contribution in [3.8, 4) is 0 Å². The highest BCUT2D eigenvalue weighted by Crippen LogP contribution is 2.12. The molecule has 1 fully saturated rings. The summed E-state index contributed by atoms with van der Waals surface area (Å²) < 4.78 is 14.7. The van der Waals surface area contributed by atoms with Gasteiger partial charge in [-0.05, 0) is 30.7 Å². The zero-order chi connectivity index (χ0) is 20.4. The van der Waals surface area contributed by atoms with E-state index in [4.69, 9.17) is 0 Å². The first-order valence-corrected chi connectivity index (χ1v) is 9.70. The van der Waals surface area contributed by atoms with E-state index in [0.29, 0.717) is 18.6 Å². The van der Waals surface area contributed by atoms with Crippen molar-refractivity contribution in [1.82, 2.24) is 19.4 Å². The number of piperazine rings is 1. The van der Waals surface area contributed by atoms with Gasteiger partial charge in [-0.2, -0.15) is 0 Å². The molecule has 2 aromatic carbocycles. The number of carbonyl (C=O) groups is 1. The number of aromatic nitrogens is 2. The van der Waals surface area contributed by atoms with Gasteiger partial charge in [0.25, 0.3) is 5.56 Å². The van der Waals surface area contributed by atoms with Crippen LogP contribution in [0, 0.1) is 12.7 Å². The van der Waals surface area contributed by atoms with Crippen molar-refractivity contribution in [2.45, 2.75) is 20.0 Å². The minimum Gasteiger partial charge on any atom is -0.339 e. The Balaban J connectivity index is 1.38. The van der Waals surface area contributed by atoms with Gasteiger partial charge in [0, 0.05) is 32.7 Å². The lowest BCUT2D eigenvalue weighted by Gasteiger charge is -2.35. The Kier molecular flexibility index (Phi) is 5.40. The number of carbonyl (C=O) groups excluding carboxylic acids is 1. The molecule has 6 nitrogen and oxygen atoms in total. The summed E-state index contributed by atoms with van der Waals surface area (Å²) in [5.41, 5.74) is 2.53. The largest absolute Gasteiger partial charge is 0.339 e. The van der Waals surface area contributed by atoms with Crippen molar-refractivity contribution >= 4 is 16.8 Å². The van der Waals surface area contributed by atoms with Gasteiger partial charge in [-0.25, -0.2) is 9.37 Å². The molecule has 1 aliphatic heterocycles. The lowest BCUT2D eigenvalue weighted by atomic mass is 10.1. The molecule has 150 valence electrons. The standard InChI is InChI=1S/C22H23FN4O2/c1-16-3-2-4-17(11-16)13-25-7-9-26(10-8-25)21(28)14-27-15-24-20-6-5-18(23)12-19(20)22(27)29/h2-6,11-12,15H,7-10,13-14H2,1H3. The van der Waals surface area contributed by atoms with Gasteiger partial charge in [0.05, 0.1) is 17.2 Å². The highest BCUT2D eigenvalue weighted by Gasteiger charge is 2.22. The van der Waals surface area contributed by atoms with E-state index < -0.39 is 11.4 Å². The van der Waals surface area contributed by atoms with Crippen LogP contribution in [0.4, 0.5) is 4.39 Å². The van der Waals surface area contributed by atoms with E-state index in [1.165, 1.54) is 34.2 Å². The molecule has 7 heteroatoms. The highest BCUT2D eigenvalue weighted by molar-refractivity contribution is 5.79. The molecule has 3 aromatic rings. The summed E-state index contributed by atoms with van der Waals surface area (Å²) in [6.45, 7) is 5.67. The van der Waals surface area contributed by atoms with Gasteiger partial charge in [-0.15, -0.1) is 0 Å². The third-order valence-electron chi connectivity index (χ3n) is 5.31. The molecule has 0 N–H and O–H groups in total. The number of amides is 1. The van der Waals surface area contributed by atoms with Crippen molar-refractivity contribution < 1.29 is 9.18 Å². The van der Waals surface area contributed by atoms with Gasteiger partial charge in [0.1, 0.15) is 12.4 Å². The molecule has 4 rings (SSSR count). The molecule has 1 aliphatic rings. The summed E-state index contributed by atoms with van der Waals surface area (Å²) in [7, 11) is 0. The normalized spacial score (nSPS) is 15.0. The first-order valence-electron chi connectivity index (χ1n) is 9.70. The second kappa shape index (κ2) is 8.13. The third kappa shape index (κ3) is 4.35. The molecule has 0 spiro atoms. The van der Waals surface area contributed by atoms with Crippen molar-refractivity contribution in [1.29, 1.82) is 0 Å². The topological polar surface area (TPSA) is 58.4 Å². The third-order valence-corrected chi connectivity index (χ3v) is 5.31. The number of hydrogen-bond donors (Lipinski definition) is 0. The fourth-order valence-electron chi connectivity index (χ4n) is 3.71. The van der Waals surface area contributed by atoms with E-state index in [9.17, 15) is 14.0 Å². The van der Waals surface area contributed by atoms with Gasteiger partial charge in [0.2, 0.25) is 5.91 Å². The monoisotopic (exact) mass is 394 g/mol. The maximum absolute atomic E-state index is 13.5. The SMILES string of the molecule is Cc1cccc(CN2CCN(C(=O)Cn3cnc4ccc(F)cc4c3=O)CC2)c1. The molecule has 0 saturated carbocycles. The zero-order valence-corrected chi connectivity index (χ0v) is 16.3. The number of aryl methyl sites for hydroxylation is 1. The van der Waals surface area contributed by atoms with Crippen LogP contribution in [0.5, 0.6) is 0 Å². The van der Waals surface area contributed by atoms with E-state index in [1.54, 1.807) is 4.90 Å². The maximum Gasteiger partial charge on any atom is 0.261 e. The number of benzene rings is 2.